The van der Waals surface area contributed by atoms with Crippen molar-refractivity contribution >= 4 is 0 Å². The molecule has 1 aliphatic carbocycles. The number of nitrogens with zero attached hydrogens (tertiary/aromatic N) is 1. The number of methoxy groups -OCH3 is 1. The molecule has 0 bridgehead atoms. The van der Waals surface area contributed by atoms with E-state index in [0.717, 1.165) is 19.0 Å². The zero-order valence-corrected chi connectivity index (χ0v) is 10.7. The molecule has 1 heterocycles. The van der Waals surface area contributed by atoms with Gasteiger partial charge in [-0.25, -0.2) is 0 Å². The average molecular weight is 226 g/mol. The molecule has 1 saturated carbocycles. The molecule has 0 aromatic heterocycles. The maximum Gasteiger partial charge on any atom is 0.0710 e. The van der Waals surface area contributed by atoms with E-state index in [1.807, 2.05) is 7.11 Å². The molecule has 0 spiro atoms. The lowest BCUT2D eigenvalue weighted by Gasteiger charge is -2.43. The zero-order chi connectivity index (χ0) is 11.6. The molecule has 0 aromatic carbocycles. The fourth-order valence-corrected chi connectivity index (χ4v) is 3.85. The highest BCUT2D eigenvalue weighted by Gasteiger charge is 2.47. The molecule has 1 aliphatic heterocycles. The van der Waals surface area contributed by atoms with E-state index in [-0.39, 0.29) is 0 Å². The lowest BCUT2D eigenvalue weighted by molar-refractivity contribution is 0.0504. The summed E-state index contributed by atoms with van der Waals surface area (Å²) in [6, 6.07) is 0. The monoisotopic (exact) mass is 226 g/mol. The lowest BCUT2D eigenvalue weighted by atomic mass is 9.83. The van der Waals surface area contributed by atoms with Crippen LogP contribution in [-0.2, 0) is 4.74 Å². The third-order valence-electron chi connectivity index (χ3n) is 4.88. The van der Waals surface area contributed by atoms with Gasteiger partial charge in [-0.2, -0.15) is 0 Å². The average Bonchev–Trinajstić information content (AvgIpc) is 2.95. The first-order valence-electron chi connectivity index (χ1n) is 6.74. The molecular weight excluding hydrogens is 200 g/mol. The van der Waals surface area contributed by atoms with E-state index in [0.29, 0.717) is 11.6 Å². The molecule has 2 fully saturated rings. The lowest BCUT2D eigenvalue weighted by Crippen LogP contribution is -2.55. The van der Waals surface area contributed by atoms with Crippen LogP contribution in [-0.4, -0.2) is 43.3 Å². The molecule has 3 heteroatoms. The van der Waals surface area contributed by atoms with Crippen LogP contribution >= 0.6 is 0 Å². The van der Waals surface area contributed by atoms with E-state index in [4.69, 9.17) is 10.5 Å². The van der Waals surface area contributed by atoms with Crippen LogP contribution in [0, 0.1) is 5.92 Å². The first kappa shape index (κ1) is 12.3. The Kier molecular flexibility index (Phi) is 3.88. The summed E-state index contributed by atoms with van der Waals surface area (Å²) in [5, 5.41) is 0. The first-order chi connectivity index (χ1) is 7.76. The predicted molar refractivity (Wildman–Crippen MR) is 66.4 cm³/mol. The summed E-state index contributed by atoms with van der Waals surface area (Å²) in [6.45, 7) is 5.39. The Bertz CT molecular complexity index is 234. The molecule has 2 rings (SSSR count). The van der Waals surface area contributed by atoms with Crippen molar-refractivity contribution in [1.82, 2.24) is 4.90 Å². The second-order valence-corrected chi connectivity index (χ2v) is 5.40. The van der Waals surface area contributed by atoms with Crippen LogP contribution in [0.5, 0.6) is 0 Å². The number of ether oxygens (including phenoxy) is 1. The van der Waals surface area contributed by atoms with Crippen molar-refractivity contribution < 1.29 is 4.74 Å². The molecule has 0 radical (unpaired) electrons. The SMILES string of the molecule is CCC1CCCC1(CN)N1CCC(OC)C1. The van der Waals surface area contributed by atoms with Gasteiger partial charge >= 0.3 is 0 Å². The highest BCUT2D eigenvalue weighted by Crippen LogP contribution is 2.43. The summed E-state index contributed by atoms with van der Waals surface area (Å²) in [5.74, 6) is 0.799. The van der Waals surface area contributed by atoms with Crippen molar-refractivity contribution in [3.8, 4) is 0 Å². The van der Waals surface area contributed by atoms with Crippen molar-refractivity contribution in [3.05, 3.63) is 0 Å². The Morgan fingerprint density at radius 3 is 2.81 bits per heavy atom. The summed E-state index contributed by atoms with van der Waals surface area (Å²) in [7, 11) is 1.83. The van der Waals surface area contributed by atoms with Gasteiger partial charge in [-0.1, -0.05) is 19.8 Å². The van der Waals surface area contributed by atoms with Crippen LogP contribution in [0.4, 0.5) is 0 Å². The molecule has 3 unspecified atom stereocenters. The second kappa shape index (κ2) is 5.03. The van der Waals surface area contributed by atoms with Gasteiger partial charge < -0.3 is 10.5 Å². The molecule has 2 N–H and O–H groups in total. The maximum absolute atomic E-state index is 6.12. The Labute approximate surface area is 99.3 Å². The second-order valence-electron chi connectivity index (χ2n) is 5.40. The fraction of sp³-hybridized carbons (Fsp3) is 1.00. The van der Waals surface area contributed by atoms with Crippen LogP contribution in [0.2, 0.25) is 0 Å². The van der Waals surface area contributed by atoms with E-state index < -0.39 is 0 Å². The predicted octanol–water partition coefficient (Wildman–Crippen LogP) is 1.61. The van der Waals surface area contributed by atoms with Crippen LogP contribution < -0.4 is 5.73 Å². The van der Waals surface area contributed by atoms with Crippen LogP contribution in [0.25, 0.3) is 0 Å². The number of likely N-dealkylation sites (tertiary alicyclic amines) is 1. The van der Waals surface area contributed by atoms with Crippen molar-refractivity contribution in [3.63, 3.8) is 0 Å². The van der Waals surface area contributed by atoms with Crippen LogP contribution in [0.15, 0.2) is 0 Å². The Morgan fingerprint density at radius 2 is 2.25 bits per heavy atom. The van der Waals surface area contributed by atoms with Gasteiger partial charge in [-0.3, -0.25) is 4.90 Å². The summed E-state index contributed by atoms with van der Waals surface area (Å²) in [5.41, 5.74) is 6.41. The van der Waals surface area contributed by atoms with Crippen molar-refractivity contribution in [2.45, 2.75) is 50.7 Å². The van der Waals surface area contributed by atoms with Crippen LogP contribution in [0.3, 0.4) is 0 Å². The Balaban J connectivity index is 2.09. The van der Waals surface area contributed by atoms with E-state index in [2.05, 4.69) is 11.8 Å². The summed E-state index contributed by atoms with van der Waals surface area (Å²) >= 11 is 0. The molecule has 16 heavy (non-hydrogen) atoms. The minimum absolute atomic E-state index is 0.294. The normalized spacial score (nSPS) is 40.7. The van der Waals surface area contributed by atoms with Gasteiger partial charge in [0, 0.05) is 32.3 Å². The fourth-order valence-electron chi connectivity index (χ4n) is 3.85. The van der Waals surface area contributed by atoms with E-state index >= 15 is 0 Å². The highest BCUT2D eigenvalue weighted by molar-refractivity contribution is 5.03. The van der Waals surface area contributed by atoms with Gasteiger partial charge in [-0.15, -0.1) is 0 Å². The molecule has 2 aliphatic rings. The summed E-state index contributed by atoms with van der Waals surface area (Å²) < 4.78 is 5.48. The smallest absolute Gasteiger partial charge is 0.0710 e. The first-order valence-corrected chi connectivity index (χ1v) is 6.74. The number of rotatable bonds is 4. The number of hydrogen-bond acceptors (Lipinski definition) is 3. The van der Waals surface area contributed by atoms with Crippen molar-refractivity contribution in [2.24, 2.45) is 11.7 Å². The quantitative estimate of drug-likeness (QED) is 0.791. The van der Waals surface area contributed by atoms with E-state index in [1.54, 1.807) is 0 Å². The third kappa shape index (κ3) is 1.89. The molecule has 1 saturated heterocycles. The van der Waals surface area contributed by atoms with Gasteiger partial charge in [0.1, 0.15) is 0 Å². The maximum atomic E-state index is 6.12. The largest absolute Gasteiger partial charge is 0.380 e. The topological polar surface area (TPSA) is 38.5 Å². The van der Waals surface area contributed by atoms with Gasteiger partial charge in [0.15, 0.2) is 0 Å². The van der Waals surface area contributed by atoms with Crippen molar-refractivity contribution in [1.29, 1.82) is 0 Å². The van der Waals surface area contributed by atoms with Crippen molar-refractivity contribution in [2.75, 3.05) is 26.7 Å². The van der Waals surface area contributed by atoms with Crippen LogP contribution in [0.1, 0.15) is 39.0 Å². The number of nitrogens with two attached hydrogens (primary N) is 1. The highest BCUT2D eigenvalue weighted by atomic mass is 16.5. The molecular formula is C13H26N2O. The minimum Gasteiger partial charge on any atom is -0.380 e. The Morgan fingerprint density at radius 1 is 1.44 bits per heavy atom. The summed E-state index contributed by atoms with van der Waals surface area (Å²) in [4.78, 5) is 2.63. The molecule has 0 amide bonds. The molecule has 3 atom stereocenters. The molecule has 3 nitrogen and oxygen atoms in total. The summed E-state index contributed by atoms with van der Waals surface area (Å²) in [6.07, 6.45) is 6.88. The van der Waals surface area contributed by atoms with Gasteiger partial charge in [0.2, 0.25) is 0 Å². The third-order valence-corrected chi connectivity index (χ3v) is 4.88. The van der Waals surface area contributed by atoms with Gasteiger partial charge in [-0.05, 0) is 25.2 Å². The standard InChI is InChI=1S/C13H26N2O/c1-3-11-5-4-7-13(11,10-14)15-8-6-12(9-15)16-2/h11-12H,3-10,14H2,1-2H3. The minimum atomic E-state index is 0.294. The van der Waals surface area contributed by atoms with Gasteiger partial charge in [0.05, 0.1) is 6.10 Å². The number of hydrogen-bond donors (Lipinski definition) is 1. The zero-order valence-electron chi connectivity index (χ0n) is 10.7. The molecule has 0 aromatic rings. The molecule has 94 valence electrons. The van der Waals surface area contributed by atoms with E-state index in [1.165, 1.54) is 38.6 Å². The van der Waals surface area contributed by atoms with Gasteiger partial charge in [0.25, 0.3) is 0 Å². The Hall–Kier alpha value is -0.120. The van der Waals surface area contributed by atoms with E-state index in [9.17, 15) is 0 Å².